The van der Waals surface area contributed by atoms with Crippen LogP contribution in [0.4, 0.5) is 0 Å². The molecule has 2 saturated heterocycles. The van der Waals surface area contributed by atoms with Gasteiger partial charge in [-0.2, -0.15) is 0 Å². The molecule has 1 unspecified atom stereocenters. The van der Waals surface area contributed by atoms with Crippen molar-refractivity contribution in [2.75, 3.05) is 26.2 Å². The van der Waals surface area contributed by atoms with Crippen LogP contribution in [0.5, 0.6) is 0 Å². The third-order valence-corrected chi connectivity index (χ3v) is 4.93. The number of carbonyl (C=O) groups is 1. The van der Waals surface area contributed by atoms with Crippen LogP contribution in [-0.2, 0) is 4.79 Å². The predicted octanol–water partition coefficient (Wildman–Crippen LogP) is 1.71. The van der Waals surface area contributed by atoms with Gasteiger partial charge in [-0.3, -0.25) is 9.69 Å². The molecule has 4 nitrogen and oxygen atoms in total. The molecule has 2 rings (SSSR count). The summed E-state index contributed by atoms with van der Waals surface area (Å²) in [6.45, 7) is 13.2. The molecule has 1 amide bonds. The van der Waals surface area contributed by atoms with Gasteiger partial charge in [0, 0.05) is 37.1 Å². The molecule has 4 heteroatoms. The van der Waals surface area contributed by atoms with Crippen molar-refractivity contribution in [2.24, 2.45) is 5.92 Å². The highest BCUT2D eigenvalue weighted by atomic mass is 16.2. The number of hydrogen-bond donors (Lipinski definition) is 1. The van der Waals surface area contributed by atoms with Gasteiger partial charge < -0.3 is 10.2 Å². The van der Waals surface area contributed by atoms with Gasteiger partial charge in [0.05, 0.1) is 0 Å². The van der Waals surface area contributed by atoms with E-state index in [0.29, 0.717) is 24.0 Å². The molecule has 2 heterocycles. The monoisotopic (exact) mass is 281 g/mol. The second kappa shape index (κ2) is 6.90. The smallest absolute Gasteiger partial charge is 0.223 e. The quantitative estimate of drug-likeness (QED) is 0.852. The number of carbonyl (C=O) groups excluding carboxylic acids is 1. The van der Waals surface area contributed by atoms with Crippen LogP contribution in [0, 0.1) is 5.92 Å². The van der Waals surface area contributed by atoms with Gasteiger partial charge in [-0.15, -0.1) is 0 Å². The molecule has 1 atom stereocenters. The number of rotatable bonds is 4. The topological polar surface area (TPSA) is 35.6 Å². The van der Waals surface area contributed by atoms with Gasteiger partial charge in [0.1, 0.15) is 0 Å². The first-order chi connectivity index (χ1) is 9.47. The van der Waals surface area contributed by atoms with Crippen molar-refractivity contribution >= 4 is 5.91 Å². The molecular formula is C16H31N3O. The zero-order valence-corrected chi connectivity index (χ0v) is 13.6. The van der Waals surface area contributed by atoms with Crippen LogP contribution < -0.4 is 5.32 Å². The standard InChI is InChI=1S/C16H31N3O/c1-12(2)18-8-5-14(6-9-18)16(20)17-15-7-10-19(11-15)13(3)4/h12-15H,5-11H2,1-4H3,(H,17,20). The largest absolute Gasteiger partial charge is 0.352 e. The Morgan fingerprint density at radius 2 is 1.50 bits per heavy atom. The normalized spacial score (nSPS) is 26.6. The molecule has 1 N–H and O–H groups in total. The van der Waals surface area contributed by atoms with Gasteiger partial charge in [0.2, 0.25) is 5.91 Å². The Bertz CT molecular complexity index is 322. The van der Waals surface area contributed by atoms with Crippen molar-refractivity contribution in [3.05, 3.63) is 0 Å². The van der Waals surface area contributed by atoms with E-state index in [9.17, 15) is 4.79 Å². The Morgan fingerprint density at radius 1 is 0.950 bits per heavy atom. The van der Waals surface area contributed by atoms with Crippen molar-refractivity contribution in [2.45, 2.75) is 65.1 Å². The van der Waals surface area contributed by atoms with E-state index in [2.05, 4.69) is 42.8 Å². The molecule has 116 valence electrons. The van der Waals surface area contributed by atoms with E-state index in [1.165, 1.54) is 0 Å². The predicted molar refractivity (Wildman–Crippen MR) is 82.7 cm³/mol. The van der Waals surface area contributed by atoms with Gasteiger partial charge in [-0.1, -0.05) is 0 Å². The molecule has 2 aliphatic heterocycles. The maximum absolute atomic E-state index is 12.4. The summed E-state index contributed by atoms with van der Waals surface area (Å²) in [7, 11) is 0. The summed E-state index contributed by atoms with van der Waals surface area (Å²) >= 11 is 0. The fourth-order valence-electron chi connectivity index (χ4n) is 3.37. The van der Waals surface area contributed by atoms with E-state index >= 15 is 0 Å². The molecule has 0 aromatic rings. The summed E-state index contributed by atoms with van der Waals surface area (Å²) in [5.74, 6) is 0.530. The molecule has 20 heavy (non-hydrogen) atoms. The van der Waals surface area contributed by atoms with E-state index in [4.69, 9.17) is 0 Å². The minimum atomic E-state index is 0.234. The molecular weight excluding hydrogens is 250 g/mol. The van der Waals surface area contributed by atoms with Gasteiger partial charge in [0.15, 0.2) is 0 Å². The molecule has 0 aromatic heterocycles. The van der Waals surface area contributed by atoms with Crippen LogP contribution in [0.2, 0.25) is 0 Å². The minimum Gasteiger partial charge on any atom is -0.352 e. The van der Waals surface area contributed by atoms with Crippen LogP contribution in [0.1, 0.15) is 47.0 Å². The Morgan fingerprint density at radius 3 is 2.00 bits per heavy atom. The van der Waals surface area contributed by atoms with E-state index in [-0.39, 0.29) is 5.92 Å². The van der Waals surface area contributed by atoms with Gasteiger partial charge >= 0.3 is 0 Å². The Kier molecular flexibility index (Phi) is 5.44. The lowest BCUT2D eigenvalue weighted by Crippen LogP contribution is -2.46. The number of nitrogens with one attached hydrogen (secondary N) is 1. The highest BCUT2D eigenvalue weighted by molar-refractivity contribution is 5.79. The van der Waals surface area contributed by atoms with E-state index < -0.39 is 0 Å². The molecule has 0 aromatic carbocycles. The van der Waals surface area contributed by atoms with Crippen LogP contribution in [0.25, 0.3) is 0 Å². The number of likely N-dealkylation sites (tertiary alicyclic amines) is 2. The SMILES string of the molecule is CC(C)N1CCC(C(=O)NC2CCN(C(C)C)C2)CC1. The molecule has 2 aliphatic rings. The average Bonchev–Trinajstić information content (AvgIpc) is 2.87. The Balaban J connectivity index is 1.74. The van der Waals surface area contributed by atoms with Crippen LogP contribution >= 0.6 is 0 Å². The van der Waals surface area contributed by atoms with Gasteiger partial charge in [-0.25, -0.2) is 0 Å². The summed E-state index contributed by atoms with van der Waals surface area (Å²) in [5.41, 5.74) is 0. The Hall–Kier alpha value is -0.610. The second-order valence-electron chi connectivity index (χ2n) is 6.99. The summed E-state index contributed by atoms with van der Waals surface area (Å²) in [6.07, 6.45) is 3.14. The fourth-order valence-corrected chi connectivity index (χ4v) is 3.37. The van der Waals surface area contributed by atoms with Crippen molar-refractivity contribution in [3.63, 3.8) is 0 Å². The van der Waals surface area contributed by atoms with Crippen molar-refractivity contribution in [3.8, 4) is 0 Å². The lowest BCUT2D eigenvalue weighted by Gasteiger charge is -2.34. The lowest BCUT2D eigenvalue weighted by molar-refractivity contribution is -0.127. The maximum atomic E-state index is 12.4. The average molecular weight is 281 g/mol. The number of amides is 1. The molecule has 0 saturated carbocycles. The molecule has 0 aliphatic carbocycles. The van der Waals surface area contributed by atoms with Crippen molar-refractivity contribution in [1.82, 2.24) is 15.1 Å². The third kappa shape index (κ3) is 3.95. The third-order valence-electron chi connectivity index (χ3n) is 4.93. The van der Waals surface area contributed by atoms with E-state index in [1.54, 1.807) is 0 Å². The van der Waals surface area contributed by atoms with Gasteiger partial charge in [0.25, 0.3) is 0 Å². The first-order valence-electron chi connectivity index (χ1n) is 8.26. The first kappa shape index (κ1) is 15.8. The van der Waals surface area contributed by atoms with E-state index in [0.717, 1.165) is 45.4 Å². The Labute approximate surface area is 123 Å². The first-order valence-corrected chi connectivity index (χ1v) is 8.26. The molecule has 2 fully saturated rings. The summed E-state index contributed by atoms with van der Waals surface area (Å²) in [6, 6.07) is 1.56. The van der Waals surface area contributed by atoms with Crippen LogP contribution in [0.15, 0.2) is 0 Å². The van der Waals surface area contributed by atoms with Crippen LogP contribution in [0.3, 0.4) is 0 Å². The maximum Gasteiger partial charge on any atom is 0.223 e. The minimum absolute atomic E-state index is 0.234. The summed E-state index contributed by atoms with van der Waals surface area (Å²) < 4.78 is 0. The lowest BCUT2D eigenvalue weighted by atomic mass is 9.95. The van der Waals surface area contributed by atoms with Crippen molar-refractivity contribution in [1.29, 1.82) is 0 Å². The second-order valence-corrected chi connectivity index (χ2v) is 6.99. The molecule has 0 radical (unpaired) electrons. The van der Waals surface area contributed by atoms with Gasteiger partial charge in [-0.05, 0) is 60.0 Å². The number of hydrogen-bond acceptors (Lipinski definition) is 3. The summed E-state index contributed by atoms with van der Waals surface area (Å²) in [5, 5.41) is 3.28. The van der Waals surface area contributed by atoms with Crippen LogP contribution in [-0.4, -0.2) is 60.0 Å². The van der Waals surface area contributed by atoms with E-state index in [1.807, 2.05) is 0 Å². The molecule has 0 bridgehead atoms. The fraction of sp³-hybridized carbons (Fsp3) is 0.938. The summed E-state index contributed by atoms with van der Waals surface area (Å²) in [4.78, 5) is 17.3. The zero-order valence-electron chi connectivity index (χ0n) is 13.6. The zero-order chi connectivity index (χ0) is 14.7. The number of nitrogens with zero attached hydrogens (tertiary/aromatic N) is 2. The van der Waals surface area contributed by atoms with Crippen molar-refractivity contribution < 1.29 is 4.79 Å². The number of piperidine rings is 1. The highest BCUT2D eigenvalue weighted by Crippen LogP contribution is 2.20. The highest BCUT2D eigenvalue weighted by Gasteiger charge is 2.30. The molecule has 0 spiro atoms.